The fourth-order valence-corrected chi connectivity index (χ4v) is 4.05. The van der Waals surface area contributed by atoms with Gasteiger partial charge in [0, 0.05) is 19.1 Å². The first-order valence-corrected chi connectivity index (χ1v) is 7.98. The van der Waals surface area contributed by atoms with E-state index in [1.54, 1.807) is 0 Å². The van der Waals surface area contributed by atoms with Gasteiger partial charge < -0.3 is 15.5 Å². The second kappa shape index (κ2) is 5.60. The van der Waals surface area contributed by atoms with Crippen LogP contribution < -0.4 is 5.73 Å². The summed E-state index contributed by atoms with van der Waals surface area (Å²) in [6, 6.07) is 0. The average Bonchev–Trinajstić information content (AvgIpc) is 2.82. The molecule has 1 amide bonds. The highest BCUT2D eigenvalue weighted by Gasteiger charge is 2.48. The molecule has 0 heterocycles. The summed E-state index contributed by atoms with van der Waals surface area (Å²) >= 11 is 5.22. The largest absolute Gasteiger partial charge is 0.392 e. The first kappa shape index (κ1) is 15.7. The third-order valence-corrected chi connectivity index (χ3v) is 5.84. The van der Waals surface area contributed by atoms with Crippen molar-refractivity contribution in [2.45, 2.75) is 50.5 Å². The predicted octanol–water partition coefficient (Wildman–Crippen LogP) is 1.78. The Labute approximate surface area is 127 Å². The molecule has 114 valence electrons. The Morgan fingerprint density at radius 2 is 1.65 bits per heavy atom. The Balaban J connectivity index is 2.10. The Bertz CT molecular complexity index is 398. The quantitative estimate of drug-likeness (QED) is 0.786. The van der Waals surface area contributed by atoms with Crippen molar-refractivity contribution in [1.29, 1.82) is 0 Å². The number of nitrogens with two attached hydrogens (primary N) is 1. The van der Waals surface area contributed by atoms with Gasteiger partial charge in [-0.05, 0) is 46.2 Å². The highest BCUT2D eigenvalue weighted by molar-refractivity contribution is 7.80. The summed E-state index contributed by atoms with van der Waals surface area (Å²) < 4.78 is 0. The molecule has 5 heteroatoms. The summed E-state index contributed by atoms with van der Waals surface area (Å²) in [6.07, 6.45) is 7.32. The second-order valence-corrected chi connectivity index (χ2v) is 7.23. The molecule has 0 saturated heterocycles. The molecule has 0 bridgehead atoms. The maximum Gasteiger partial charge on any atom is 0.235 e. The van der Waals surface area contributed by atoms with E-state index in [4.69, 9.17) is 18.0 Å². The molecule has 4 nitrogen and oxygen atoms in total. The number of hydrogen-bond donors (Lipinski definition) is 1. The lowest BCUT2D eigenvalue weighted by Crippen LogP contribution is -2.59. The highest BCUT2D eigenvalue weighted by Crippen LogP contribution is 2.42. The van der Waals surface area contributed by atoms with Crippen molar-refractivity contribution in [3.63, 3.8) is 0 Å². The zero-order valence-corrected chi connectivity index (χ0v) is 13.8. The molecular weight excluding hydrogens is 270 g/mol. The van der Waals surface area contributed by atoms with Gasteiger partial charge in [0.05, 0.1) is 10.4 Å². The number of carbonyl (C=O) groups excluding carboxylic acids is 1. The van der Waals surface area contributed by atoms with E-state index in [1.165, 1.54) is 6.42 Å². The van der Waals surface area contributed by atoms with E-state index in [2.05, 4.69) is 19.0 Å². The molecule has 2 rings (SSSR count). The van der Waals surface area contributed by atoms with Crippen LogP contribution in [-0.4, -0.2) is 53.9 Å². The number of carbonyl (C=O) groups is 1. The Hall–Kier alpha value is -0.680. The predicted molar refractivity (Wildman–Crippen MR) is 85.6 cm³/mol. The van der Waals surface area contributed by atoms with Crippen molar-refractivity contribution >= 4 is 23.1 Å². The van der Waals surface area contributed by atoms with Crippen LogP contribution in [0.15, 0.2) is 0 Å². The number of nitrogens with zero attached hydrogens (tertiary/aromatic N) is 2. The fraction of sp³-hybridized carbons (Fsp3) is 0.867. The standard InChI is InChI=1S/C15H27N3OS/c1-17(2)14(7-6-8-14)11-18(3)13(19)15(12(16)20)9-4-5-10-15/h4-11H2,1-3H3,(H2,16,20). The van der Waals surface area contributed by atoms with Gasteiger partial charge >= 0.3 is 0 Å². The van der Waals surface area contributed by atoms with E-state index >= 15 is 0 Å². The van der Waals surface area contributed by atoms with Crippen LogP contribution in [0.3, 0.4) is 0 Å². The summed E-state index contributed by atoms with van der Waals surface area (Å²) in [6.45, 7) is 0.781. The third-order valence-electron chi connectivity index (χ3n) is 5.45. The van der Waals surface area contributed by atoms with Gasteiger partial charge in [-0.3, -0.25) is 4.79 Å². The van der Waals surface area contributed by atoms with Gasteiger partial charge in [-0.15, -0.1) is 0 Å². The molecule has 2 aliphatic rings. The van der Waals surface area contributed by atoms with Crippen LogP contribution >= 0.6 is 12.2 Å². The lowest BCUT2D eigenvalue weighted by atomic mass is 9.74. The maximum atomic E-state index is 12.9. The highest BCUT2D eigenvalue weighted by atomic mass is 32.1. The molecule has 2 saturated carbocycles. The lowest BCUT2D eigenvalue weighted by molar-refractivity contribution is -0.139. The van der Waals surface area contributed by atoms with Gasteiger partial charge in [0.2, 0.25) is 5.91 Å². The van der Waals surface area contributed by atoms with Crippen LogP contribution in [0.5, 0.6) is 0 Å². The van der Waals surface area contributed by atoms with E-state index in [0.717, 1.165) is 45.1 Å². The monoisotopic (exact) mass is 297 g/mol. The van der Waals surface area contributed by atoms with E-state index in [-0.39, 0.29) is 11.4 Å². The summed E-state index contributed by atoms with van der Waals surface area (Å²) in [5.41, 5.74) is 5.50. The van der Waals surface area contributed by atoms with Crippen LogP contribution in [-0.2, 0) is 4.79 Å². The molecule has 0 aromatic rings. The van der Waals surface area contributed by atoms with E-state index in [0.29, 0.717) is 4.99 Å². The smallest absolute Gasteiger partial charge is 0.235 e. The average molecular weight is 297 g/mol. The van der Waals surface area contributed by atoms with E-state index in [9.17, 15) is 4.79 Å². The van der Waals surface area contributed by atoms with Gasteiger partial charge in [-0.1, -0.05) is 25.1 Å². The van der Waals surface area contributed by atoms with E-state index in [1.807, 2.05) is 11.9 Å². The van der Waals surface area contributed by atoms with Gasteiger partial charge in [0.25, 0.3) is 0 Å². The summed E-state index contributed by atoms with van der Waals surface area (Å²) in [5.74, 6) is 0.135. The van der Waals surface area contributed by atoms with Gasteiger partial charge in [0.1, 0.15) is 0 Å². The van der Waals surface area contributed by atoms with Gasteiger partial charge in [0.15, 0.2) is 0 Å². The zero-order chi connectivity index (χ0) is 15.0. The molecule has 2 aliphatic carbocycles. The molecule has 0 spiro atoms. The van der Waals surface area contributed by atoms with E-state index < -0.39 is 5.41 Å². The zero-order valence-electron chi connectivity index (χ0n) is 12.9. The molecular formula is C15H27N3OS. The topological polar surface area (TPSA) is 49.6 Å². The lowest BCUT2D eigenvalue weighted by Gasteiger charge is -2.50. The van der Waals surface area contributed by atoms with Crippen molar-refractivity contribution in [3.8, 4) is 0 Å². The first-order valence-electron chi connectivity index (χ1n) is 7.57. The number of thiocarbonyl (C=S) groups is 1. The molecule has 0 aromatic heterocycles. The minimum Gasteiger partial charge on any atom is -0.392 e. The number of hydrogen-bond acceptors (Lipinski definition) is 3. The summed E-state index contributed by atoms with van der Waals surface area (Å²) in [4.78, 5) is 17.4. The van der Waals surface area contributed by atoms with Crippen LogP contribution in [0, 0.1) is 5.41 Å². The molecule has 0 radical (unpaired) electrons. The summed E-state index contributed by atoms with van der Waals surface area (Å²) in [7, 11) is 6.12. The van der Waals surface area contributed by atoms with Crippen molar-refractivity contribution in [2.24, 2.45) is 11.1 Å². The first-order chi connectivity index (χ1) is 9.34. The Morgan fingerprint density at radius 1 is 1.10 bits per heavy atom. The van der Waals surface area contributed by atoms with Crippen LogP contribution in [0.2, 0.25) is 0 Å². The van der Waals surface area contributed by atoms with Gasteiger partial charge in [-0.25, -0.2) is 0 Å². The molecule has 2 N–H and O–H groups in total. The number of amides is 1. The van der Waals surface area contributed by atoms with Gasteiger partial charge in [-0.2, -0.15) is 0 Å². The SMILES string of the molecule is CN(CC1(N(C)C)CCC1)C(=O)C1(C(N)=S)CCCC1. The van der Waals surface area contributed by atoms with Crippen LogP contribution in [0.1, 0.15) is 44.9 Å². The van der Waals surface area contributed by atoms with Crippen LogP contribution in [0.25, 0.3) is 0 Å². The third kappa shape index (κ3) is 2.46. The molecule has 0 atom stereocenters. The van der Waals surface area contributed by atoms with Crippen molar-refractivity contribution in [2.75, 3.05) is 27.7 Å². The minimum atomic E-state index is -0.568. The number of likely N-dealkylation sites (N-methyl/N-ethyl adjacent to an activating group) is 2. The normalized spacial score (nSPS) is 23.4. The molecule has 2 fully saturated rings. The fourth-order valence-electron chi connectivity index (χ4n) is 3.75. The van der Waals surface area contributed by atoms with Crippen molar-refractivity contribution < 1.29 is 4.79 Å². The molecule has 0 aromatic carbocycles. The Morgan fingerprint density at radius 3 is 2.00 bits per heavy atom. The molecule has 20 heavy (non-hydrogen) atoms. The second-order valence-electron chi connectivity index (χ2n) is 6.79. The minimum absolute atomic E-state index is 0.135. The molecule has 0 unspecified atom stereocenters. The van der Waals surface area contributed by atoms with Crippen molar-refractivity contribution in [3.05, 3.63) is 0 Å². The Kier molecular flexibility index (Phi) is 4.40. The maximum absolute atomic E-state index is 12.9. The molecule has 0 aliphatic heterocycles. The summed E-state index contributed by atoms with van der Waals surface area (Å²) in [5, 5.41) is 0. The number of rotatable bonds is 5. The van der Waals surface area contributed by atoms with Crippen molar-refractivity contribution in [1.82, 2.24) is 9.80 Å². The van der Waals surface area contributed by atoms with Crippen LogP contribution in [0.4, 0.5) is 0 Å².